The number of hydrogen-bond donors (Lipinski definition) is 3. The van der Waals surface area contributed by atoms with Crippen LogP contribution in [0.4, 0.5) is 39.3 Å². The van der Waals surface area contributed by atoms with E-state index in [9.17, 15) is 23.9 Å². The van der Waals surface area contributed by atoms with Gasteiger partial charge in [0.15, 0.2) is 31.2 Å². The van der Waals surface area contributed by atoms with Crippen LogP contribution in [0, 0.1) is 40.9 Å². The van der Waals surface area contributed by atoms with Gasteiger partial charge in [-0.2, -0.15) is 0 Å². The third kappa shape index (κ3) is 13.6. The molecule has 6 unspecified atom stereocenters. The van der Waals surface area contributed by atoms with Crippen molar-refractivity contribution in [1.82, 2.24) is 34.6 Å². The van der Waals surface area contributed by atoms with Crippen LogP contribution < -0.4 is 25.3 Å². The lowest BCUT2D eigenvalue weighted by molar-refractivity contribution is -0.159. The average molecular weight is 1210 g/mol. The van der Waals surface area contributed by atoms with Crippen molar-refractivity contribution in [3.05, 3.63) is 112 Å². The Morgan fingerprint density at radius 1 is 0.724 bits per heavy atom. The van der Waals surface area contributed by atoms with Crippen molar-refractivity contribution in [3.8, 4) is 0 Å². The van der Waals surface area contributed by atoms with Gasteiger partial charge in [0, 0.05) is 61.2 Å². The van der Waals surface area contributed by atoms with Gasteiger partial charge in [0.05, 0.1) is 46.3 Å². The molecule has 0 radical (unpaired) electrons. The van der Waals surface area contributed by atoms with Crippen molar-refractivity contribution >= 4 is 57.2 Å². The van der Waals surface area contributed by atoms with Crippen LogP contribution in [0.2, 0.25) is 0 Å². The highest BCUT2D eigenvalue weighted by Crippen LogP contribution is 2.50. The number of hydrogen-bond acceptors (Lipinski definition) is 14. The highest BCUT2D eigenvalue weighted by Gasteiger charge is 2.42. The highest BCUT2D eigenvalue weighted by molar-refractivity contribution is 5.98. The van der Waals surface area contributed by atoms with Gasteiger partial charge in [-0.05, 0) is 153 Å². The lowest BCUT2D eigenvalue weighted by Crippen LogP contribution is -2.52. The highest BCUT2D eigenvalue weighted by atomic mass is 19.1. The number of rotatable bonds is 22. The first-order valence-corrected chi connectivity index (χ1v) is 30.5. The molecule has 22 heteroatoms. The van der Waals surface area contributed by atoms with Gasteiger partial charge in [0.1, 0.15) is 41.0 Å². The first-order valence-electron chi connectivity index (χ1n) is 30.5. The van der Waals surface area contributed by atoms with Gasteiger partial charge in [0.25, 0.3) is 0 Å². The fourth-order valence-corrected chi connectivity index (χ4v) is 12.8. The fraction of sp³-hybridized carbons (Fsp3) is 0.554. The lowest BCUT2D eigenvalue weighted by Gasteiger charge is -2.36. The van der Waals surface area contributed by atoms with Crippen molar-refractivity contribution in [2.45, 2.75) is 175 Å². The van der Waals surface area contributed by atoms with Crippen LogP contribution in [-0.4, -0.2) is 124 Å². The molecule has 87 heavy (non-hydrogen) atoms. The normalized spacial score (nSPS) is 19.4. The molecule has 3 aliphatic heterocycles. The molecule has 9 rings (SSSR count). The summed E-state index contributed by atoms with van der Waals surface area (Å²) in [5, 5.41) is 17.1. The maximum Gasteiger partial charge on any atom is 0.336 e. The molecule has 17 nitrogen and oxygen atoms in total. The zero-order valence-electron chi connectivity index (χ0n) is 52.1. The largest absolute Gasteiger partial charge is 0.443 e. The number of fused-ring (bicyclic) bond motifs is 2. The Kier molecular flexibility index (Phi) is 20.1. The van der Waals surface area contributed by atoms with Crippen LogP contribution in [0.25, 0.3) is 22.1 Å². The van der Waals surface area contributed by atoms with E-state index in [2.05, 4.69) is 15.5 Å². The smallest absolute Gasteiger partial charge is 0.336 e. The third-order valence-electron chi connectivity index (χ3n) is 17.5. The van der Waals surface area contributed by atoms with E-state index in [1.807, 2.05) is 48.6 Å². The molecule has 4 aromatic carbocycles. The maximum atomic E-state index is 17.7. The molecule has 0 spiro atoms. The van der Waals surface area contributed by atoms with Crippen LogP contribution in [-0.2, 0) is 42.1 Å². The SMILES string of the molecule is CCCN(C(=O)C(NC)C(C)OC)c1nc2cc(F)c(C3CC[C@H](c4cc5nc(C6CCCN6C)n(COC(=O)C(NC(C)(C)C)C(C)C)c5cc4F)N3c3cc(F)c(N4CCC(c5ccc(F)cc5)CC4)c(F)c3)cc2n1COC(=O)C(O)C(C)C. The molecule has 2 aromatic heterocycles. The van der Waals surface area contributed by atoms with E-state index in [1.54, 1.807) is 60.4 Å². The second kappa shape index (κ2) is 26.9. The Balaban J connectivity index is 1.17. The first-order chi connectivity index (χ1) is 41.3. The number of anilines is 3. The second-order valence-corrected chi connectivity index (χ2v) is 25.4. The van der Waals surface area contributed by atoms with Gasteiger partial charge in [-0.3, -0.25) is 33.8 Å². The van der Waals surface area contributed by atoms with Crippen molar-refractivity contribution < 1.29 is 55.7 Å². The Labute approximate surface area is 506 Å². The van der Waals surface area contributed by atoms with Crippen LogP contribution in [0.1, 0.15) is 154 Å². The molecule has 0 saturated carbocycles. The molecular formula is C65H85F5N10O7. The molecule has 5 heterocycles. The van der Waals surface area contributed by atoms with Crippen LogP contribution >= 0.6 is 0 Å². The number of methoxy groups -OCH3 is 1. The number of nitrogens with zero attached hydrogens (tertiary/aromatic N) is 8. The molecule has 1 amide bonds. The molecule has 6 aromatic rings. The number of aromatic nitrogens is 4. The minimum atomic E-state index is -1.50. The quantitative estimate of drug-likeness (QED) is 0.0433. The van der Waals surface area contributed by atoms with Gasteiger partial charge < -0.3 is 34.4 Å². The van der Waals surface area contributed by atoms with Crippen LogP contribution in [0.3, 0.4) is 0 Å². The zero-order chi connectivity index (χ0) is 62.9. The molecule has 3 fully saturated rings. The molecule has 3 N–H and O–H groups in total. The molecule has 472 valence electrons. The van der Waals surface area contributed by atoms with Crippen LogP contribution in [0.15, 0.2) is 60.7 Å². The summed E-state index contributed by atoms with van der Waals surface area (Å²) in [4.78, 5) is 58.5. The number of esters is 2. The van der Waals surface area contributed by atoms with Crippen molar-refractivity contribution in [3.63, 3.8) is 0 Å². The maximum absolute atomic E-state index is 17.7. The fourth-order valence-electron chi connectivity index (χ4n) is 12.8. The summed E-state index contributed by atoms with van der Waals surface area (Å²) in [6.07, 6.45) is 1.40. The summed E-state index contributed by atoms with van der Waals surface area (Å²) in [5.74, 6) is -5.39. The molecule has 0 aliphatic carbocycles. The summed E-state index contributed by atoms with van der Waals surface area (Å²) in [6, 6.07) is 10.6. The lowest BCUT2D eigenvalue weighted by atomic mass is 9.89. The van der Waals surface area contributed by atoms with Gasteiger partial charge in [0.2, 0.25) is 11.9 Å². The topological polar surface area (TPSA) is 172 Å². The number of aliphatic hydroxyl groups is 1. The Hall–Kier alpha value is -6.72. The van der Waals surface area contributed by atoms with Gasteiger partial charge >= 0.3 is 11.9 Å². The predicted octanol–water partition coefficient (Wildman–Crippen LogP) is 11.1. The molecule has 7 atom stereocenters. The van der Waals surface area contributed by atoms with Gasteiger partial charge in [-0.1, -0.05) is 46.8 Å². The summed E-state index contributed by atoms with van der Waals surface area (Å²) >= 11 is 0. The summed E-state index contributed by atoms with van der Waals surface area (Å²) < 4.78 is 104. The number of likely N-dealkylation sites (N-methyl/N-ethyl adjacent to an activating group) is 1. The number of ether oxygens (including phenoxy) is 3. The van der Waals surface area contributed by atoms with Crippen molar-refractivity contribution in [2.75, 3.05) is 62.1 Å². The van der Waals surface area contributed by atoms with Crippen molar-refractivity contribution in [2.24, 2.45) is 11.8 Å². The van der Waals surface area contributed by atoms with E-state index < -0.39 is 95.7 Å². The molecular weight excluding hydrogens is 1130 g/mol. The van der Waals surface area contributed by atoms with E-state index in [4.69, 9.17) is 24.2 Å². The van der Waals surface area contributed by atoms with E-state index in [1.165, 1.54) is 59.0 Å². The van der Waals surface area contributed by atoms with Crippen molar-refractivity contribution in [1.29, 1.82) is 0 Å². The van der Waals surface area contributed by atoms with Crippen LogP contribution in [0.5, 0.6) is 0 Å². The number of benzene rings is 4. The van der Waals surface area contributed by atoms with E-state index in [0.29, 0.717) is 49.2 Å². The molecule has 3 saturated heterocycles. The number of nitrogens with one attached hydrogen (secondary N) is 2. The second-order valence-electron chi connectivity index (χ2n) is 25.4. The number of halogens is 5. The Morgan fingerprint density at radius 3 is 1.90 bits per heavy atom. The minimum Gasteiger partial charge on any atom is -0.443 e. The number of amides is 1. The number of carbonyl (C=O) groups excluding carboxylic acids is 3. The minimum absolute atomic E-state index is 0.00612. The summed E-state index contributed by atoms with van der Waals surface area (Å²) in [6.45, 7) is 17.4. The Morgan fingerprint density at radius 2 is 1.32 bits per heavy atom. The summed E-state index contributed by atoms with van der Waals surface area (Å²) in [7, 11) is 5.07. The number of imidazole rings is 2. The molecule has 3 aliphatic rings. The first kappa shape index (κ1) is 64.7. The van der Waals surface area contributed by atoms with E-state index >= 15 is 17.6 Å². The van der Waals surface area contributed by atoms with E-state index in [-0.39, 0.29) is 89.3 Å². The standard InChI is InChI=1S/C65H85F5N10O7/c1-13-24-77(61(82)57(71-10)38(6)85-12)64-73-50-32-45(67)44(31-54(50)79(64)35-87-63(84)59(81)37(4)5)52-21-20-51(80(52)42-28-47(69)58(48(70)29-42)76-26-22-40(23-27-76)39-16-18-41(66)19-17-39)43-30-49-55(33-46(43)68)78(60(72-49)53-15-14-25-75(53)11)34-86-62(83)56(36(2)3)74-65(7,8)9/h16-19,28-33,36-38,40,51-53,56-57,59,71,74,81H,13-15,20-27,34-35H2,1-12H3/t38?,51-,52?,53?,56?,57?,59?/m1/s1. The van der Waals surface area contributed by atoms with Gasteiger partial charge in [-0.25, -0.2) is 36.7 Å². The number of likely N-dealkylation sites (tertiary alicyclic amines) is 1. The number of carbonyl (C=O) groups is 3. The Bertz CT molecular complexity index is 3410. The third-order valence-corrected chi connectivity index (χ3v) is 17.5. The number of aliphatic hydroxyl groups excluding tert-OH is 1. The zero-order valence-corrected chi connectivity index (χ0v) is 52.1. The number of piperidine rings is 1. The monoisotopic (exact) mass is 1210 g/mol. The average Bonchev–Trinajstić information content (AvgIpc) is 2.29. The van der Waals surface area contributed by atoms with E-state index in [0.717, 1.165) is 24.9 Å². The van der Waals surface area contributed by atoms with Gasteiger partial charge in [-0.15, -0.1) is 0 Å². The predicted molar refractivity (Wildman–Crippen MR) is 325 cm³/mol. The molecule has 0 bridgehead atoms. The summed E-state index contributed by atoms with van der Waals surface area (Å²) in [5.41, 5.74) is 1.52.